The van der Waals surface area contributed by atoms with E-state index in [9.17, 15) is 4.79 Å². The smallest absolute Gasteiger partial charge is 0.222 e. The molecule has 88 valence electrons. The van der Waals surface area contributed by atoms with Crippen LogP contribution in [0, 0.1) is 5.92 Å². The molecule has 4 nitrogen and oxygen atoms in total. The summed E-state index contributed by atoms with van der Waals surface area (Å²) in [5, 5.41) is 0. The molecule has 1 unspecified atom stereocenters. The molecule has 1 atom stereocenters. The van der Waals surface area contributed by atoms with Crippen molar-refractivity contribution >= 4 is 5.91 Å². The van der Waals surface area contributed by atoms with Crippen LogP contribution in [0.1, 0.15) is 19.3 Å². The topological polar surface area (TPSA) is 49.6 Å². The number of likely N-dealkylation sites (tertiary alicyclic amines) is 1. The summed E-state index contributed by atoms with van der Waals surface area (Å²) in [6.45, 7) is 3.57. The van der Waals surface area contributed by atoms with Crippen molar-refractivity contribution in [3.63, 3.8) is 0 Å². The van der Waals surface area contributed by atoms with Gasteiger partial charge in [0.25, 0.3) is 0 Å². The van der Waals surface area contributed by atoms with E-state index >= 15 is 0 Å². The van der Waals surface area contributed by atoms with Crippen LogP contribution in [0.3, 0.4) is 0 Å². The Morgan fingerprint density at radius 2 is 2.27 bits per heavy atom. The zero-order valence-corrected chi connectivity index (χ0v) is 9.91. The van der Waals surface area contributed by atoms with Gasteiger partial charge in [0.05, 0.1) is 0 Å². The first kappa shape index (κ1) is 12.5. The van der Waals surface area contributed by atoms with Gasteiger partial charge >= 0.3 is 0 Å². The number of nitrogens with zero attached hydrogens (tertiary/aromatic N) is 2. The van der Waals surface area contributed by atoms with E-state index in [0.717, 1.165) is 32.5 Å². The molecule has 1 fully saturated rings. The van der Waals surface area contributed by atoms with E-state index in [1.807, 2.05) is 4.90 Å². The van der Waals surface area contributed by atoms with Crippen LogP contribution in [0.2, 0.25) is 0 Å². The van der Waals surface area contributed by atoms with Crippen molar-refractivity contribution < 1.29 is 4.79 Å². The van der Waals surface area contributed by atoms with Gasteiger partial charge < -0.3 is 15.5 Å². The van der Waals surface area contributed by atoms with Crippen molar-refractivity contribution in [1.29, 1.82) is 0 Å². The average molecular weight is 213 g/mol. The fourth-order valence-corrected chi connectivity index (χ4v) is 2.08. The Morgan fingerprint density at radius 3 is 2.87 bits per heavy atom. The van der Waals surface area contributed by atoms with E-state index < -0.39 is 0 Å². The summed E-state index contributed by atoms with van der Waals surface area (Å²) < 4.78 is 0. The molecule has 15 heavy (non-hydrogen) atoms. The molecule has 1 aliphatic heterocycles. The van der Waals surface area contributed by atoms with E-state index in [1.54, 1.807) is 0 Å². The van der Waals surface area contributed by atoms with Crippen molar-refractivity contribution in [2.24, 2.45) is 11.7 Å². The van der Waals surface area contributed by atoms with Crippen LogP contribution in [-0.4, -0.2) is 56.0 Å². The molecular weight excluding hydrogens is 190 g/mol. The van der Waals surface area contributed by atoms with Gasteiger partial charge in [0, 0.05) is 19.5 Å². The zero-order chi connectivity index (χ0) is 11.3. The summed E-state index contributed by atoms with van der Waals surface area (Å²) in [6, 6.07) is 0. The monoisotopic (exact) mass is 213 g/mol. The molecule has 1 heterocycles. The second-order valence-electron chi connectivity index (χ2n) is 4.64. The lowest BCUT2D eigenvalue weighted by atomic mass is 10.1. The maximum absolute atomic E-state index is 11.6. The molecule has 0 spiro atoms. The predicted molar refractivity (Wildman–Crippen MR) is 61.5 cm³/mol. The van der Waals surface area contributed by atoms with Gasteiger partial charge in [0.15, 0.2) is 0 Å². The number of hydrogen-bond acceptors (Lipinski definition) is 3. The van der Waals surface area contributed by atoms with Gasteiger partial charge in [0.2, 0.25) is 5.91 Å². The maximum atomic E-state index is 11.6. The lowest BCUT2D eigenvalue weighted by Gasteiger charge is -2.18. The lowest BCUT2D eigenvalue weighted by molar-refractivity contribution is -0.127. The van der Waals surface area contributed by atoms with Gasteiger partial charge in [-0.3, -0.25) is 4.79 Å². The Bertz CT molecular complexity index is 206. The fourth-order valence-electron chi connectivity index (χ4n) is 2.08. The van der Waals surface area contributed by atoms with E-state index in [1.165, 1.54) is 0 Å². The molecule has 1 rings (SSSR count). The first-order chi connectivity index (χ1) is 7.13. The summed E-state index contributed by atoms with van der Waals surface area (Å²) >= 11 is 0. The van der Waals surface area contributed by atoms with Gasteiger partial charge in [0.1, 0.15) is 0 Å². The Morgan fingerprint density at radius 1 is 1.53 bits per heavy atom. The molecule has 1 amide bonds. The average Bonchev–Trinajstić information content (AvgIpc) is 2.47. The highest BCUT2D eigenvalue weighted by Crippen LogP contribution is 2.20. The van der Waals surface area contributed by atoms with Gasteiger partial charge in [-0.25, -0.2) is 0 Å². The lowest BCUT2D eigenvalue weighted by Crippen LogP contribution is -2.28. The van der Waals surface area contributed by atoms with Crippen LogP contribution >= 0.6 is 0 Å². The van der Waals surface area contributed by atoms with Crippen LogP contribution in [0.25, 0.3) is 0 Å². The van der Waals surface area contributed by atoms with Crippen LogP contribution in [0.4, 0.5) is 0 Å². The summed E-state index contributed by atoms with van der Waals surface area (Å²) in [4.78, 5) is 15.7. The van der Waals surface area contributed by atoms with E-state index in [0.29, 0.717) is 24.8 Å². The first-order valence-corrected chi connectivity index (χ1v) is 5.76. The fraction of sp³-hybridized carbons (Fsp3) is 0.909. The highest BCUT2D eigenvalue weighted by molar-refractivity contribution is 5.78. The molecule has 0 aliphatic carbocycles. The van der Waals surface area contributed by atoms with Crippen molar-refractivity contribution in [3.8, 4) is 0 Å². The predicted octanol–water partition coefficient (Wildman–Crippen LogP) is 0.135. The number of nitrogens with two attached hydrogens (primary N) is 1. The quantitative estimate of drug-likeness (QED) is 0.682. The summed E-state index contributed by atoms with van der Waals surface area (Å²) in [5.74, 6) is 0.814. The molecular formula is C11H23N3O. The van der Waals surface area contributed by atoms with Gasteiger partial charge in [-0.1, -0.05) is 0 Å². The Hall–Kier alpha value is -0.610. The molecule has 2 N–H and O–H groups in total. The van der Waals surface area contributed by atoms with Crippen LogP contribution in [0.15, 0.2) is 0 Å². The zero-order valence-electron chi connectivity index (χ0n) is 9.91. The van der Waals surface area contributed by atoms with Crippen LogP contribution in [0.5, 0.6) is 0 Å². The first-order valence-electron chi connectivity index (χ1n) is 5.76. The number of carbonyl (C=O) groups excluding carboxylic acids is 1. The van der Waals surface area contributed by atoms with E-state index in [2.05, 4.69) is 19.0 Å². The minimum atomic E-state index is 0.312. The molecule has 0 aromatic rings. The highest BCUT2D eigenvalue weighted by Gasteiger charge is 2.28. The standard InChI is InChI=1S/C11H23N3O/c1-13(2)6-3-7-14-9-10(4-5-12)8-11(14)15/h10H,3-9,12H2,1-2H3. The molecule has 0 saturated carbocycles. The van der Waals surface area contributed by atoms with Crippen LogP contribution < -0.4 is 5.73 Å². The number of hydrogen-bond donors (Lipinski definition) is 1. The van der Waals surface area contributed by atoms with Crippen LogP contribution in [-0.2, 0) is 4.79 Å². The second-order valence-corrected chi connectivity index (χ2v) is 4.64. The summed E-state index contributed by atoms with van der Waals surface area (Å²) in [7, 11) is 4.12. The molecule has 4 heteroatoms. The summed E-state index contributed by atoms with van der Waals surface area (Å²) in [5.41, 5.74) is 5.50. The number of amides is 1. The largest absolute Gasteiger partial charge is 0.342 e. The maximum Gasteiger partial charge on any atom is 0.222 e. The molecule has 1 aliphatic rings. The molecule has 0 bridgehead atoms. The van der Waals surface area contributed by atoms with Crippen molar-refractivity contribution in [2.45, 2.75) is 19.3 Å². The van der Waals surface area contributed by atoms with Crippen molar-refractivity contribution in [1.82, 2.24) is 9.80 Å². The van der Waals surface area contributed by atoms with Gasteiger partial charge in [-0.05, 0) is 45.9 Å². The molecule has 0 aromatic carbocycles. The number of rotatable bonds is 6. The Kier molecular flexibility index (Phi) is 5.05. The highest BCUT2D eigenvalue weighted by atomic mass is 16.2. The molecule has 0 radical (unpaired) electrons. The SMILES string of the molecule is CN(C)CCCN1CC(CCN)CC1=O. The second kappa shape index (κ2) is 6.08. The Balaban J connectivity index is 2.22. The third kappa shape index (κ3) is 4.18. The summed E-state index contributed by atoms with van der Waals surface area (Å²) in [6.07, 6.45) is 2.75. The normalized spacial score (nSPS) is 21.7. The minimum absolute atomic E-state index is 0.312. The van der Waals surface area contributed by atoms with E-state index in [4.69, 9.17) is 5.73 Å². The third-order valence-electron chi connectivity index (χ3n) is 2.90. The molecule has 1 saturated heterocycles. The third-order valence-corrected chi connectivity index (χ3v) is 2.90. The van der Waals surface area contributed by atoms with Crippen molar-refractivity contribution in [2.75, 3.05) is 40.3 Å². The number of carbonyl (C=O) groups is 1. The van der Waals surface area contributed by atoms with Crippen molar-refractivity contribution in [3.05, 3.63) is 0 Å². The van der Waals surface area contributed by atoms with Gasteiger partial charge in [-0.2, -0.15) is 0 Å². The molecule has 0 aromatic heterocycles. The van der Waals surface area contributed by atoms with Gasteiger partial charge in [-0.15, -0.1) is 0 Å². The minimum Gasteiger partial charge on any atom is -0.342 e. The Labute approximate surface area is 92.4 Å². The van der Waals surface area contributed by atoms with E-state index in [-0.39, 0.29) is 0 Å².